The number of ether oxygens (including phenoxy) is 2. The highest BCUT2D eigenvalue weighted by atomic mass is 35.5. The number of halogens is 1. The zero-order valence-electron chi connectivity index (χ0n) is 17.8. The Morgan fingerprint density at radius 3 is 2.72 bits per heavy atom. The van der Waals surface area contributed by atoms with Gasteiger partial charge in [-0.1, -0.05) is 35.9 Å². The van der Waals surface area contributed by atoms with Crippen molar-refractivity contribution in [2.45, 2.75) is 20.0 Å². The molecular weight excluding hydrogens is 428 g/mol. The van der Waals surface area contributed by atoms with Gasteiger partial charge in [-0.05, 0) is 61.9 Å². The Hall–Kier alpha value is -3.51. The summed E-state index contributed by atoms with van der Waals surface area (Å²) in [6.45, 7) is 4.37. The molecule has 0 aliphatic carbocycles. The maximum absolute atomic E-state index is 12.8. The van der Waals surface area contributed by atoms with Gasteiger partial charge in [-0.2, -0.15) is 0 Å². The SMILES string of the molecule is Cc1cccc(OCCN2C(=O)C(C)Oc3ccc(NC(=O)c4ccccc4Cl)cc32)c1. The van der Waals surface area contributed by atoms with E-state index in [-0.39, 0.29) is 11.8 Å². The van der Waals surface area contributed by atoms with Crippen LogP contribution in [0.5, 0.6) is 11.5 Å². The Kier molecular flexibility index (Phi) is 6.32. The molecule has 1 N–H and O–H groups in total. The predicted octanol–water partition coefficient (Wildman–Crippen LogP) is 5.09. The number of aryl methyl sites for hydroxylation is 1. The average molecular weight is 451 g/mol. The second kappa shape index (κ2) is 9.32. The molecule has 0 aromatic heterocycles. The van der Waals surface area contributed by atoms with Crippen molar-refractivity contribution >= 4 is 34.8 Å². The number of fused-ring (bicyclic) bond motifs is 1. The number of carbonyl (C=O) groups is 2. The van der Waals surface area contributed by atoms with E-state index in [0.717, 1.165) is 11.3 Å². The molecule has 1 heterocycles. The molecule has 0 bridgehead atoms. The summed E-state index contributed by atoms with van der Waals surface area (Å²) in [5, 5.41) is 3.20. The second-order valence-corrected chi connectivity index (χ2v) is 7.94. The number of hydrogen-bond acceptors (Lipinski definition) is 4. The van der Waals surface area contributed by atoms with Gasteiger partial charge in [0.2, 0.25) is 0 Å². The van der Waals surface area contributed by atoms with E-state index in [0.29, 0.717) is 40.9 Å². The molecule has 1 aliphatic heterocycles. The number of anilines is 2. The Bertz CT molecular complexity index is 1160. The van der Waals surface area contributed by atoms with Crippen molar-refractivity contribution in [1.29, 1.82) is 0 Å². The van der Waals surface area contributed by atoms with Crippen molar-refractivity contribution in [1.82, 2.24) is 0 Å². The molecule has 3 aromatic rings. The van der Waals surface area contributed by atoms with E-state index >= 15 is 0 Å². The number of carbonyl (C=O) groups excluding carboxylic acids is 2. The van der Waals surface area contributed by atoms with Gasteiger partial charge in [0.05, 0.1) is 22.8 Å². The molecule has 1 unspecified atom stereocenters. The molecule has 7 heteroatoms. The molecule has 6 nitrogen and oxygen atoms in total. The van der Waals surface area contributed by atoms with Crippen molar-refractivity contribution in [2.75, 3.05) is 23.4 Å². The molecule has 3 aromatic carbocycles. The first-order valence-electron chi connectivity index (χ1n) is 10.3. The highest BCUT2D eigenvalue weighted by molar-refractivity contribution is 6.34. The number of nitrogens with one attached hydrogen (secondary N) is 1. The first-order valence-corrected chi connectivity index (χ1v) is 10.7. The third-order valence-corrected chi connectivity index (χ3v) is 5.45. The minimum absolute atomic E-state index is 0.167. The highest BCUT2D eigenvalue weighted by Crippen LogP contribution is 2.36. The van der Waals surface area contributed by atoms with Gasteiger partial charge in [0.25, 0.3) is 11.8 Å². The molecule has 1 atom stereocenters. The maximum atomic E-state index is 12.8. The first kappa shape index (κ1) is 21.7. The Balaban J connectivity index is 1.52. The summed E-state index contributed by atoms with van der Waals surface area (Å²) in [6.07, 6.45) is -0.606. The number of rotatable bonds is 6. The number of hydrogen-bond donors (Lipinski definition) is 1. The van der Waals surface area contributed by atoms with Gasteiger partial charge in [0, 0.05) is 5.69 Å². The summed E-state index contributed by atoms with van der Waals surface area (Å²) in [4.78, 5) is 27.1. The lowest BCUT2D eigenvalue weighted by molar-refractivity contribution is -0.125. The van der Waals surface area contributed by atoms with E-state index in [1.807, 2.05) is 31.2 Å². The van der Waals surface area contributed by atoms with Crippen LogP contribution in [-0.4, -0.2) is 31.1 Å². The monoisotopic (exact) mass is 450 g/mol. The minimum atomic E-state index is -0.606. The van der Waals surface area contributed by atoms with Gasteiger partial charge in [0.1, 0.15) is 18.1 Å². The van der Waals surface area contributed by atoms with Crippen molar-refractivity contribution in [2.24, 2.45) is 0 Å². The number of amides is 2. The summed E-state index contributed by atoms with van der Waals surface area (Å²) in [5.41, 5.74) is 2.58. The van der Waals surface area contributed by atoms with Crippen molar-refractivity contribution in [3.05, 3.63) is 82.9 Å². The topological polar surface area (TPSA) is 67.9 Å². The van der Waals surface area contributed by atoms with Crippen LogP contribution in [0, 0.1) is 6.92 Å². The van der Waals surface area contributed by atoms with Crippen LogP contribution >= 0.6 is 11.6 Å². The Labute approximate surface area is 191 Å². The summed E-state index contributed by atoms with van der Waals surface area (Å²) in [5.74, 6) is 0.823. The quantitative estimate of drug-likeness (QED) is 0.567. The largest absolute Gasteiger partial charge is 0.492 e. The third kappa shape index (κ3) is 4.70. The van der Waals surface area contributed by atoms with E-state index in [9.17, 15) is 9.59 Å². The first-order chi connectivity index (χ1) is 15.4. The standard InChI is InChI=1S/C25H23ClN2O4/c1-16-6-5-7-19(14-16)31-13-12-28-22-15-18(10-11-23(22)32-17(2)25(28)30)27-24(29)20-8-3-4-9-21(20)26/h3-11,14-15,17H,12-13H2,1-2H3,(H,27,29). The summed E-state index contributed by atoms with van der Waals surface area (Å²) >= 11 is 6.13. The van der Waals surface area contributed by atoms with Gasteiger partial charge in [0.15, 0.2) is 6.10 Å². The van der Waals surface area contributed by atoms with Crippen LogP contribution in [0.1, 0.15) is 22.8 Å². The molecule has 0 saturated carbocycles. The second-order valence-electron chi connectivity index (χ2n) is 7.53. The van der Waals surface area contributed by atoms with E-state index in [2.05, 4.69) is 5.32 Å². The average Bonchev–Trinajstić information content (AvgIpc) is 2.77. The fraction of sp³-hybridized carbons (Fsp3) is 0.200. The van der Waals surface area contributed by atoms with Gasteiger partial charge in [-0.3, -0.25) is 9.59 Å². The lowest BCUT2D eigenvalue weighted by atomic mass is 10.1. The Morgan fingerprint density at radius 2 is 1.94 bits per heavy atom. The molecule has 0 fully saturated rings. The number of benzene rings is 3. The van der Waals surface area contributed by atoms with E-state index in [4.69, 9.17) is 21.1 Å². The van der Waals surface area contributed by atoms with Gasteiger partial charge < -0.3 is 19.7 Å². The highest BCUT2D eigenvalue weighted by Gasteiger charge is 2.31. The fourth-order valence-corrected chi connectivity index (χ4v) is 3.74. The molecule has 32 heavy (non-hydrogen) atoms. The minimum Gasteiger partial charge on any atom is -0.492 e. The summed E-state index contributed by atoms with van der Waals surface area (Å²) in [6, 6.07) is 19.8. The summed E-state index contributed by atoms with van der Waals surface area (Å²) < 4.78 is 11.6. The zero-order valence-corrected chi connectivity index (χ0v) is 18.6. The van der Waals surface area contributed by atoms with Crippen LogP contribution in [0.15, 0.2) is 66.7 Å². The van der Waals surface area contributed by atoms with Crippen LogP contribution < -0.4 is 19.7 Å². The molecule has 164 valence electrons. The lowest BCUT2D eigenvalue weighted by Gasteiger charge is -2.33. The van der Waals surface area contributed by atoms with Crippen molar-refractivity contribution in [3.63, 3.8) is 0 Å². The maximum Gasteiger partial charge on any atom is 0.267 e. The molecule has 4 rings (SSSR count). The zero-order chi connectivity index (χ0) is 22.7. The van der Waals surface area contributed by atoms with Crippen LogP contribution in [0.4, 0.5) is 11.4 Å². The molecule has 0 spiro atoms. The Morgan fingerprint density at radius 1 is 1.12 bits per heavy atom. The molecule has 0 radical (unpaired) electrons. The van der Waals surface area contributed by atoms with Gasteiger partial charge in [-0.15, -0.1) is 0 Å². The molecule has 1 aliphatic rings. The smallest absolute Gasteiger partial charge is 0.267 e. The van der Waals surface area contributed by atoms with E-state index in [1.54, 1.807) is 54.3 Å². The third-order valence-electron chi connectivity index (χ3n) is 5.12. The van der Waals surface area contributed by atoms with Crippen molar-refractivity contribution < 1.29 is 19.1 Å². The van der Waals surface area contributed by atoms with Crippen LogP contribution in [0.25, 0.3) is 0 Å². The van der Waals surface area contributed by atoms with E-state index < -0.39 is 6.10 Å². The summed E-state index contributed by atoms with van der Waals surface area (Å²) in [7, 11) is 0. The predicted molar refractivity (Wildman–Crippen MR) is 125 cm³/mol. The molecule has 2 amide bonds. The van der Waals surface area contributed by atoms with Gasteiger partial charge >= 0.3 is 0 Å². The number of nitrogens with zero attached hydrogens (tertiary/aromatic N) is 1. The van der Waals surface area contributed by atoms with Crippen LogP contribution in [0.2, 0.25) is 5.02 Å². The molecular formula is C25H23ClN2O4. The van der Waals surface area contributed by atoms with E-state index in [1.165, 1.54) is 0 Å². The fourth-order valence-electron chi connectivity index (χ4n) is 3.52. The van der Waals surface area contributed by atoms with Crippen molar-refractivity contribution in [3.8, 4) is 11.5 Å². The normalized spacial score (nSPS) is 15.0. The van der Waals surface area contributed by atoms with Crippen LogP contribution in [0.3, 0.4) is 0 Å². The van der Waals surface area contributed by atoms with Gasteiger partial charge in [-0.25, -0.2) is 0 Å². The lowest BCUT2D eigenvalue weighted by Crippen LogP contribution is -2.46. The van der Waals surface area contributed by atoms with Crippen LogP contribution in [-0.2, 0) is 4.79 Å². The molecule has 0 saturated heterocycles.